The molecular formula is C25H21F4N3O4. The van der Waals surface area contributed by atoms with Crippen molar-refractivity contribution in [1.82, 2.24) is 14.5 Å². The molecule has 0 spiro atoms. The first-order valence-electron chi connectivity index (χ1n) is 11.2. The van der Waals surface area contributed by atoms with Gasteiger partial charge in [-0.1, -0.05) is 0 Å². The van der Waals surface area contributed by atoms with Crippen molar-refractivity contribution in [3.63, 3.8) is 0 Å². The number of hydrogen-bond donors (Lipinski definition) is 1. The maximum atomic E-state index is 14.4. The largest absolute Gasteiger partial charge is 0.459 e. The van der Waals surface area contributed by atoms with E-state index in [1.54, 1.807) is 12.3 Å². The Balaban J connectivity index is 1.79. The van der Waals surface area contributed by atoms with Crippen LogP contribution in [0.1, 0.15) is 23.2 Å². The third kappa shape index (κ3) is 4.14. The van der Waals surface area contributed by atoms with Gasteiger partial charge in [0.05, 0.1) is 22.2 Å². The molecule has 7 nitrogen and oxygen atoms in total. The first-order chi connectivity index (χ1) is 17.4. The molecule has 1 amide bonds. The van der Waals surface area contributed by atoms with E-state index in [1.165, 1.54) is 23.2 Å². The summed E-state index contributed by atoms with van der Waals surface area (Å²) in [6.07, 6.45) is 2.19. The minimum Gasteiger partial charge on any atom is -0.459 e. The van der Waals surface area contributed by atoms with Gasteiger partial charge < -0.3 is 19.4 Å². The standard InChI is InChI=1S/C25H21F4N3O4/c26-12-35-22-9-17-18(10-23(22)36-13-27)25(34)32(21-8-15(29)7-20-16(21)1-4-30-20)11-19(17)24(33)31-5-2-14(28)3-6-31/h1,4,7-11,14,30H,2-3,5-6,12-13H2. The van der Waals surface area contributed by atoms with Crippen LogP contribution in [-0.4, -0.2) is 53.3 Å². The number of aromatic amines is 1. The van der Waals surface area contributed by atoms with Gasteiger partial charge in [-0.05, 0) is 43.2 Å². The quantitative estimate of drug-likeness (QED) is 0.384. The highest BCUT2D eigenvalue weighted by molar-refractivity contribution is 6.07. The van der Waals surface area contributed by atoms with E-state index >= 15 is 0 Å². The van der Waals surface area contributed by atoms with Crippen LogP contribution in [0.5, 0.6) is 11.5 Å². The average molecular weight is 503 g/mol. The molecule has 1 aliphatic heterocycles. The Morgan fingerprint density at radius 1 is 1.00 bits per heavy atom. The summed E-state index contributed by atoms with van der Waals surface area (Å²) in [7, 11) is 0. The summed E-state index contributed by atoms with van der Waals surface area (Å²) in [5.74, 6) is -1.54. The van der Waals surface area contributed by atoms with E-state index in [1.807, 2.05) is 0 Å². The number of rotatable bonds is 6. The van der Waals surface area contributed by atoms with Crippen LogP contribution in [0.2, 0.25) is 0 Å². The van der Waals surface area contributed by atoms with Crippen LogP contribution >= 0.6 is 0 Å². The zero-order valence-electron chi connectivity index (χ0n) is 18.9. The summed E-state index contributed by atoms with van der Waals surface area (Å²) in [6.45, 7) is -2.20. The number of piperidine rings is 1. The van der Waals surface area contributed by atoms with Crippen LogP contribution in [0.3, 0.4) is 0 Å². The highest BCUT2D eigenvalue weighted by Gasteiger charge is 2.27. The van der Waals surface area contributed by atoms with Crippen LogP contribution < -0.4 is 15.0 Å². The maximum Gasteiger partial charge on any atom is 0.263 e. The molecule has 4 aromatic rings. The number of benzene rings is 2. The zero-order valence-corrected chi connectivity index (χ0v) is 18.9. The molecule has 0 saturated carbocycles. The minimum absolute atomic E-state index is 0.0327. The molecule has 36 heavy (non-hydrogen) atoms. The van der Waals surface area contributed by atoms with Crippen LogP contribution in [0.25, 0.3) is 27.4 Å². The van der Waals surface area contributed by atoms with Crippen molar-refractivity contribution in [2.75, 3.05) is 26.8 Å². The van der Waals surface area contributed by atoms with Gasteiger partial charge in [0.15, 0.2) is 11.5 Å². The van der Waals surface area contributed by atoms with Crippen molar-refractivity contribution in [3.8, 4) is 17.2 Å². The molecule has 1 N–H and O–H groups in total. The number of H-pyrrole nitrogens is 1. The number of aromatic nitrogens is 2. The summed E-state index contributed by atoms with van der Waals surface area (Å²) < 4.78 is 65.1. The van der Waals surface area contributed by atoms with Gasteiger partial charge in [0.2, 0.25) is 13.7 Å². The minimum atomic E-state index is -1.27. The lowest BCUT2D eigenvalue weighted by Crippen LogP contribution is -2.39. The molecule has 0 radical (unpaired) electrons. The first kappa shape index (κ1) is 23.7. The molecule has 0 bridgehead atoms. The Morgan fingerprint density at radius 3 is 2.33 bits per heavy atom. The van der Waals surface area contributed by atoms with Crippen molar-refractivity contribution >= 4 is 27.6 Å². The third-order valence-electron chi connectivity index (χ3n) is 6.32. The van der Waals surface area contributed by atoms with Crippen molar-refractivity contribution < 1.29 is 31.8 Å². The summed E-state index contributed by atoms with van der Waals surface area (Å²) in [6, 6.07) is 6.48. The predicted molar refractivity (Wildman–Crippen MR) is 125 cm³/mol. The SMILES string of the molecule is O=C(c1cn(-c2cc(F)cc3[nH]ccc23)c(=O)c2cc(OCF)c(OCF)cc12)N1CCC(F)CC1. The summed E-state index contributed by atoms with van der Waals surface area (Å²) in [5.41, 5.74) is -0.00673. The Labute approximate surface area is 201 Å². The van der Waals surface area contributed by atoms with E-state index in [0.717, 1.165) is 16.7 Å². The van der Waals surface area contributed by atoms with Gasteiger partial charge >= 0.3 is 0 Å². The molecule has 2 aromatic carbocycles. The number of likely N-dealkylation sites (tertiary alicyclic amines) is 1. The molecule has 0 aliphatic carbocycles. The van der Waals surface area contributed by atoms with Gasteiger partial charge in [-0.2, -0.15) is 0 Å². The molecule has 0 atom stereocenters. The topological polar surface area (TPSA) is 76.6 Å². The van der Waals surface area contributed by atoms with E-state index in [9.17, 15) is 27.2 Å². The van der Waals surface area contributed by atoms with Crippen molar-refractivity contribution in [2.24, 2.45) is 0 Å². The number of nitrogens with one attached hydrogen (secondary N) is 1. The number of carbonyl (C=O) groups excluding carboxylic acids is 1. The summed E-state index contributed by atoms with van der Waals surface area (Å²) in [5, 5.41) is 0.580. The van der Waals surface area contributed by atoms with E-state index in [0.29, 0.717) is 10.9 Å². The Bertz CT molecular complexity index is 1510. The van der Waals surface area contributed by atoms with E-state index < -0.39 is 37.2 Å². The number of alkyl halides is 3. The lowest BCUT2D eigenvalue weighted by atomic mass is 10.0. The van der Waals surface area contributed by atoms with Crippen LogP contribution in [0.15, 0.2) is 47.5 Å². The molecule has 11 heteroatoms. The Hall–Kier alpha value is -4.02. The van der Waals surface area contributed by atoms with Crippen molar-refractivity contribution in [3.05, 3.63) is 64.5 Å². The smallest absolute Gasteiger partial charge is 0.263 e. The van der Waals surface area contributed by atoms with Gasteiger partial charge in [0, 0.05) is 36.3 Å². The Morgan fingerprint density at radius 2 is 1.67 bits per heavy atom. The van der Waals surface area contributed by atoms with Gasteiger partial charge in [0.1, 0.15) is 12.0 Å². The number of ether oxygens (including phenoxy) is 2. The summed E-state index contributed by atoms with van der Waals surface area (Å²) >= 11 is 0. The fourth-order valence-corrected chi connectivity index (χ4v) is 4.57. The second-order valence-electron chi connectivity index (χ2n) is 8.40. The van der Waals surface area contributed by atoms with Gasteiger partial charge in [-0.15, -0.1) is 0 Å². The highest BCUT2D eigenvalue weighted by Crippen LogP contribution is 2.35. The third-order valence-corrected chi connectivity index (χ3v) is 6.32. The van der Waals surface area contributed by atoms with Crippen molar-refractivity contribution in [1.29, 1.82) is 0 Å². The second kappa shape index (κ2) is 9.56. The molecule has 2 aromatic heterocycles. The van der Waals surface area contributed by atoms with Crippen molar-refractivity contribution in [2.45, 2.75) is 19.0 Å². The monoisotopic (exact) mass is 503 g/mol. The molecule has 188 valence electrons. The fourth-order valence-electron chi connectivity index (χ4n) is 4.57. The molecule has 3 heterocycles. The second-order valence-corrected chi connectivity index (χ2v) is 8.40. The number of pyridine rings is 1. The van der Waals surface area contributed by atoms with Gasteiger partial charge in [-0.3, -0.25) is 14.2 Å². The molecule has 0 unspecified atom stereocenters. The van der Waals surface area contributed by atoms with Gasteiger partial charge in [-0.25, -0.2) is 17.6 Å². The number of amides is 1. The lowest BCUT2D eigenvalue weighted by molar-refractivity contribution is 0.0668. The van der Waals surface area contributed by atoms with E-state index in [2.05, 4.69) is 4.98 Å². The lowest BCUT2D eigenvalue weighted by Gasteiger charge is -2.29. The normalized spacial score (nSPS) is 14.5. The zero-order chi connectivity index (χ0) is 25.4. The molecule has 1 fully saturated rings. The predicted octanol–water partition coefficient (Wildman–Crippen LogP) is 4.80. The Kier molecular flexibility index (Phi) is 6.29. The van der Waals surface area contributed by atoms with E-state index in [-0.39, 0.29) is 59.5 Å². The summed E-state index contributed by atoms with van der Waals surface area (Å²) in [4.78, 5) is 31.5. The number of hydrogen-bond acceptors (Lipinski definition) is 4. The van der Waals surface area contributed by atoms with Crippen LogP contribution in [0.4, 0.5) is 17.6 Å². The number of fused-ring (bicyclic) bond motifs is 2. The molecular weight excluding hydrogens is 482 g/mol. The molecule has 1 saturated heterocycles. The maximum absolute atomic E-state index is 14.4. The average Bonchev–Trinajstić information content (AvgIpc) is 3.33. The van der Waals surface area contributed by atoms with Gasteiger partial charge in [0.25, 0.3) is 11.5 Å². The number of carbonyl (C=O) groups is 1. The fraction of sp³-hybridized carbons (Fsp3) is 0.280. The molecule has 1 aliphatic rings. The van der Waals surface area contributed by atoms with E-state index in [4.69, 9.17) is 9.47 Å². The first-order valence-corrected chi connectivity index (χ1v) is 11.2. The molecule has 5 rings (SSSR count). The highest BCUT2D eigenvalue weighted by atomic mass is 19.1. The number of nitrogens with zero attached hydrogens (tertiary/aromatic N) is 2. The van der Waals surface area contributed by atoms with Crippen LogP contribution in [0, 0.1) is 5.82 Å². The number of halogens is 4. The van der Waals surface area contributed by atoms with Crippen LogP contribution in [-0.2, 0) is 0 Å².